The van der Waals surface area contributed by atoms with Crippen molar-refractivity contribution in [2.75, 3.05) is 38.2 Å². The van der Waals surface area contributed by atoms with E-state index in [-0.39, 0.29) is 12.2 Å². The average molecular weight is 384 g/mol. The maximum atomic E-state index is 12.6. The lowest BCUT2D eigenvalue weighted by Crippen LogP contribution is -2.42. The van der Waals surface area contributed by atoms with Crippen LogP contribution in [-0.4, -0.2) is 59.7 Å². The number of benzene rings is 1. The van der Waals surface area contributed by atoms with Gasteiger partial charge < -0.3 is 14.8 Å². The summed E-state index contributed by atoms with van der Waals surface area (Å²) >= 11 is 0. The van der Waals surface area contributed by atoms with Gasteiger partial charge in [-0.3, -0.25) is 9.69 Å². The first kappa shape index (κ1) is 19.1. The molecular formula is C21H28N4O3. The number of hydrogen-bond acceptors (Lipinski definition) is 5. The minimum Gasteiger partial charge on any atom is -0.350 e. The summed E-state index contributed by atoms with van der Waals surface area (Å²) in [6, 6.07) is 10.0. The highest BCUT2D eigenvalue weighted by molar-refractivity contribution is 5.91. The molecule has 0 bridgehead atoms. The molecule has 0 unspecified atom stereocenters. The Bertz CT molecular complexity index is 804. The number of hydrogen-bond donors (Lipinski definition) is 1. The zero-order valence-corrected chi connectivity index (χ0v) is 16.6. The van der Waals surface area contributed by atoms with Crippen LogP contribution < -0.4 is 5.32 Å². The number of nitrogens with zero attached hydrogens (tertiary/aromatic N) is 3. The molecule has 3 heterocycles. The molecule has 1 N–H and O–H groups in total. The second kappa shape index (κ2) is 8.43. The van der Waals surface area contributed by atoms with Crippen LogP contribution in [0.2, 0.25) is 0 Å². The van der Waals surface area contributed by atoms with Gasteiger partial charge in [0.2, 0.25) is 5.91 Å². The maximum Gasteiger partial charge on any atom is 0.239 e. The van der Waals surface area contributed by atoms with E-state index in [1.807, 2.05) is 37.3 Å². The number of piperidine rings is 1. The number of likely N-dealkylation sites (tertiary alicyclic amines) is 1. The van der Waals surface area contributed by atoms with Gasteiger partial charge >= 0.3 is 0 Å². The molecule has 4 rings (SSSR count). The van der Waals surface area contributed by atoms with Crippen molar-refractivity contribution < 1.29 is 14.3 Å². The number of aromatic nitrogens is 2. The first-order valence-electron chi connectivity index (χ1n) is 9.97. The number of carbonyl (C=O) groups excluding carboxylic acids is 1. The van der Waals surface area contributed by atoms with Crippen LogP contribution in [0.1, 0.15) is 24.1 Å². The highest BCUT2D eigenvalue weighted by Crippen LogP contribution is 2.25. The minimum atomic E-state index is -0.0530. The molecule has 28 heavy (non-hydrogen) atoms. The van der Waals surface area contributed by atoms with Crippen LogP contribution in [-0.2, 0) is 14.3 Å². The van der Waals surface area contributed by atoms with Crippen molar-refractivity contribution in [3.63, 3.8) is 0 Å². The summed E-state index contributed by atoms with van der Waals surface area (Å²) in [7, 11) is 0. The Hall–Kier alpha value is -2.22. The van der Waals surface area contributed by atoms with Crippen LogP contribution in [0.15, 0.2) is 30.3 Å². The molecule has 0 atom stereocenters. The Labute approximate surface area is 165 Å². The Morgan fingerprint density at radius 3 is 2.50 bits per heavy atom. The number of amides is 1. The highest BCUT2D eigenvalue weighted by Gasteiger charge is 2.30. The zero-order valence-electron chi connectivity index (χ0n) is 16.6. The monoisotopic (exact) mass is 384 g/mol. The van der Waals surface area contributed by atoms with Gasteiger partial charge in [0.25, 0.3) is 0 Å². The van der Waals surface area contributed by atoms with Crippen LogP contribution in [0.5, 0.6) is 0 Å². The van der Waals surface area contributed by atoms with Crippen LogP contribution in [0, 0.1) is 19.8 Å². The second-order valence-corrected chi connectivity index (χ2v) is 7.69. The zero-order chi connectivity index (χ0) is 19.5. The van der Waals surface area contributed by atoms with E-state index in [0.29, 0.717) is 31.5 Å². The van der Waals surface area contributed by atoms with Gasteiger partial charge in [-0.2, -0.15) is 5.10 Å². The summed E-state index contributed by atoms with van der Waals surface area (Å²) in [6.07, 6.45) is 1.94. The van der Waals surface area contributed by atoms with Crippen molar-refractivity contribution in [3.05, 3.63) is 41.6 Å². The van der Waals surface area contributed by atoms with Crippen molar-refractivity contribution >= 4 is 11.7 Å². The molecule has 2 saturated heterocycles. The topological polar surface area (TPSA) is 68.6 Å². The molecule has 1 amide bonds. The van der Waals surface area contributed by atoms with Crippen molar-refractivity contribution in [3.8, 4) is 5.69 Å². The molecule has 1 aromatic heterocycles. The molecule has 1 aromatic carbocycles. The Morgan fingerprint density at radius 1 is 1.14 bits per heavy atom. The van der Waals surface area contributed by atoms with Crippen LogP contribution in [0.25, 0.3) is 5.69 Å². The van der Waals surface area contributed by atoms with Gasteiger partial charge in [0.15, 0.2) is 6.29 Å². The first-order chi connectivity index (χ1) is 13.6. The fourth-order valence-corrected chi connectivity index (χ4v) is 3.89. The third-order valence-electron chi connectivity index (χ3n) is 5.41. The lowest BCUT2D eigenvalue weighted by molar-refractivity contribution is -0.119. The number of ether oxygens (including phenoxy) is 2. The van der Waals surface area contributed by atoms with Crippen molar-refractivity contribution in [2.24, 2.45) is 5.92 Å². The summed E-state index contributed by atoms with van der Waals surface area (Å²) in [5.74, 6) is 1.13. The SMILES string of the molecule is Cc1ccc(-n2nc(C)cc2NC(=O)CN2CCC(C3OCCO3)CC2)cc1. The molecule has 7 heteroatoms. The van der Waals surface area contributed by atoms with Gasteiger partial charge in [0.05, 0.1) is 31.1 Å². The lowest BCUT2D eigenvalue weighted by Gasteiger charge is -2.33. The molecule has 2 aliphatic rings. The Balaban J connectivity index is 1.34. The number of nitrogens with one attached hydrogen (secondary N) is 1. The molecule has 0 radical (unpaired) electrons. The van der Waals surface area contributed by atoms with E-state index in [9.17, 15) is 4.79 Å². The third-order valence-corrected chi connectivity index (χ3v) is 5.41. The predicted molar refractivity (Wildman–Crippen MR) is 107 cm³/mol. The van der Waals surface area contributed by atoms with E-state index in [0.717, 1.165) is 37.3 Å². The maximum absolute atomic E-state index is 12.6. The van der Waals surface area contributed by atoms with Gasteiger partial charge in [0.1, 0.15) is 5.82 Å². The minimum absolute atomic E-state index is 0.0138. The van der Waals surface area contributed by atoms with Crippen LogP contribution in [0.4, 0.5) is 5.82 Å². The average Bonchev–Trinajstić information content (AvgIpc) is 3.33. The fourth-order valence-electron chi connectivity index (χ4n) is 3.89. The summed E-state index contributed by atoms with van der Waals surface area (Å²) < 4.78 is 13.0. The summed E-state index contributed by atoms with van der Waals surface area (Å²) in [5, 5.41) is 7.55. The predicted octanol–water partition coefficient (Wildman–Crippen LogP) is 2.51. The fraction of sp³-hybridized carbons (Fsp3) is 0.524. The smallest absolute Gasteiger partial charge is 0.239 e. The van der Waals surface area contributed by atoms with E-state index in [1.54, 1.807) is 4.68 Å². The summed E-state index contributed by atoms with van der Waals surface area (Å²) in [6.45, 7) is 7.53. The molecule has 2 aliphatic heterocycles. The van der Waals surface area contributed by atoms with Crippen LogP contribution in [0.3, 0.4) is 0 Å². The van der Waals surface area contributed by atoms with Gasteiger partial charge in [0, 0.05) is 12.0 Å². The van der Waals surface area contributed by atoms with Gasteiger partial charge in [-0.05, 0) is 51.9 Å². The van der Waals surface area contributed by atoms with Gasteiger partial charge in [-0.1, -0.05) is 17.7 Å². The molecule has 2 fully saturated rings. The number of rotatable bonds is 5. The lowest BCUT2D eigenvalue weighted by atomic mass is 9.96. The van der Waals surface area contributed by atoms with E-state index < -0.39 is 0 Å². The summed E-state index contributed by atoms with van der Waals surface area (Å²) in [4.78, 5) is 14.8. The van der Waals surface area contributed by atoms with Crippen LogP contribution >= 0.6 is 0 Å². The molecule has 150 valence electrons. The van der Waals surface area contributed by atoms with E-state index in [2.05, 4.69) is 22.2 Å². The van der Waals surface area contributed by atoms with Crippen molar-refractivity contribution in [2.45, 2.75) is 33.0 Å². The Kier molecular flexibility index (Phi) is 5.75. The molecule has 0 saturated carbocycles. The summed E-state index contributed by atoms with van der Waals surface area (Å²) in [5.41, 5.74) is 3.00. The molecule has 2 aromatic rings. The largest absolute Gasteiger partial charge is 0.350 e. The van der Waals surface area contributed by atoms with Crippen molar-refractivity contribution in [1.29, 1.82) is 0 Å². The molecule has 0 aliphatic carbocycles. The molecular weight excluding hydrogens is 356 g/mol. The quantitative estimate of drug-likeness (QED) is 0.858. The number of aryl methyl sites for hydroxylation is 2. The van der Waals surface area contributed by atoms with Crippen molar-refractivity contribution in [1.82, 2.24) is 14.7 Å². The first-order valence-corrected chi connectivity index (χ1v) is 9.97. The van der Waals surface area contributed by atoms with Gasteiger partial charge in [-0.25, -0.2) is 4.68 Å². The third kappa shape index (κ3) is 4.43. The molecule has 7 nitrogen and oxygen atoms in total. The number of anilines is 1. The molecule has 0 spiro atoms. The van der Waals surface area contributed by atoms with E-state index in [4.69, 9.17) is 9.47 Å². The number of carbonyl (C=O) groups is 1. The van der Waals surface area contributed by atoms with E-state index >= 15 is 0 Å². The highest BCUT2D eigenvalue weighted by atomic mass is 16.7. The Morgan fingerprint density at radius 2 is 1.82 bits per heavy atom. The van der Waals surface area contributed by atoms with E-state index in [1.165, 1.54) is 5.56 Å². The normalized spacial score (nSPS) is 19.2. The van der Waals surface area contributed by atoms with Gasteiger partial charge in [-0.15, -0.1) is 0 Å². The standard InChI is InChI=1S/C21H28N4O3/c1-15-3-5-18(6-4-15)25-19(13-16(2)23-25)22-20(26)14-24-9-7-17(8-10-24)21-27-11-12-28-21/h3-6,13,17,21H,7-12,14H2,1-2H3,(H,22,26). The second-order valence-electron chi connectivity index (χ2n) is 7.69.